The average Bonchev–Trinajstić information content (AvgIpc) is 3.47. The van der Waals surface area contributed by atoms with Crippen LogP contribution in [0.15, 0.2) is 31.2 Å². The Morgan fingerprint density at radius 3 is 2.97 bits per heavy atom. The number of fused-ring (bicyclic) bond motifs is 1. The highest BCUT2D eigenvalue weighted by molar-refractivity contribution is 8.72. The topological polar surface area (TPSA) is 112 Å². The predicted molar refractivity (Wildman–Crippen MR) is 139 cm³/mol. The Labute approximate surface area is 212 Å². The van der Waals surface area contributed by atoms with Crippen molar-refractivity contribution >= 4 is 49.7 Å². The lowest BCUT2D eigenvalue weighted by molar-refractivity contribution is -0.147. The summed E-state index contributed by atoms with van der Waals surface area (Å²) in [4.78, 5) is 35.0. The number of amides is 1. The van der Waals surface area contributed by atoms with Gasteiger partial charge in [-0.2, -0.15) is 0 Å². The number of aromatic nitrogens is 3. The summed E-state index contributed by atoms with van der Waals surface area (Å²) >= 11 is 0. The van der Waals surface area contributed by atoms with E-state index in [9.17, 15) is 14.1 Å². The maximum Gasteiger partial charge on any atom is 0.307 e. The summed E-state index contributed by atoms with van der Waals surface area (Å²) in [5.74, 6) is 1.37. The number of unbranched alkanes of at least 4 members (excludes halogenated alkanes) is 1. The standard InChI is InChI=1S/C24H33N5O4S2/c1-3-21(30)29-14-18(9-8-17(29)2)27-23-20-10-12-28(24(20)26-15-25-23)16-33-22(31)7-5-4-6-19-11-13-34-35(19)32/h3,10,12,15,17-19H,1,4-9,11,13-14,16H2,2H3,(H,25,26,27)/t17-,18-,19+,35?/m0/s1. The normalized spacial score (nSPS) is 24.5. The number of anilines is 1. The molecule has 11 heteroatoms. The molecule has 2 saturated heterocycles. The molecule has 4 atom stereocenters. The van der Waals surface area contributed by atoms with Crippen molar-refractivity contribution in [1.82, 2.24) is 19.4 Å². The molecule has 4 rings (SSSR count). The number of likely N-dealkylation sites (tertiary alicyclic amines) is 1. The van der Waals surface area contributed by atoms with Crippen molar-refractivity contribution in [1.29, 1.82) is 0 Å². The summed E-state index contributed by atoms with van der Waals surface area (Å²) < 4.78 is 19.0. The smallest absolute Gasteiger partial charge is 0.307 e. The van der Waals surface area contributed by atoms with E-state index in [1.807, 2.05) is 17.2 Å². The number of hydrogen-bond donors (Lipinski definition) is 1. The van der Waals surface area contributed by atoms with Crippen molar-refractivity contribution in [2.45, 2.75) is 75.9 Å². The lowest BCUT2D eigenvalue weighted by atomic mass is 9.99. The van der Waals surface area contributed by atoms with Crippen LogP contribution in [0.3, 0.4) is 0 Å². The molecule has 190 valence electrons. The third-order valence-corrected chi connectivity index (χ3v) is 10.3. The van der Waals surface area contributed by atoms with Crippen LogP contribution in [0.4, 0.5) is 5.82 Å². The van der Waals surface area contributed by atoms with Crippen LogP contribution in [-0.2, 0) is 31.3 Å². The first-order chi connectivity index (χ1) is 17.0. The summed E-state index contributed by atoms with van der Waals surface area (Å²) in [5, 5.41) is 4.58. The van der Waals surface area contributed by atoms with Gasteiger partial charge in [0.05, 0.1) is 16.2 Å². The molecular weight excluding hydrogens is 486 g/mol. The van der Waals surface area contributed by atoms with Crippen molar-refractivity contribution in [2.75, 3.05) is 17.6 Å². The van der Waals surface area contributed by atoms with Crippen LogP contribution in [0, 0.1) is 0 Å². The summed E-state index contributed by atoms with van der Waals surface area (Å²) in [7, 11) is 0.769. The van der Waals surface area contributed by atoms with Gasteiger partial charge in [0.15, 0.2) is 6.73 Å². The molecule has 0 spiro atoms. The van der Waals surface area contributed by atoms with E-state index in [1.54, 1.807) is 4.57 Å². The summed E-state index contributed by atoms with van der Waals surface area (Å²) in [6.07, 6.45) is 10.4. The van der Waals surface area contributed by atoms with Crippen LogP contribution in [0.25, 0.3) is 11.0 Å². The van der Waals surface area contributed by atoms with Gasteiger partial charge in [0.2, 0.25) is 5.91 Å². The van der Waals surface area contributed by atoms with E-state index in [1.165, 1.54) is 23.2 Å². The maximum atomic E-state index is 12.2. The van der Waals surface area contributed by atoms with Gasteiger partial charge in [-0.1, -0.05) is 6.58 Å². The minimum Gasteiger partial charge on any atom is -0.605 e. The van der Waals surface area contributed by atoms with Gasteiger partial charge in [0, 0.05) is 53.6 Å². The van der Waals surface area contributed by atoms with Gasteiger partial charge in [-0.15, -0.1) is 0 Å². The molecule has 35 heavy (non-hydrogen) atoms. The molecule has 1 amide bonds. The van der Waals surface area contributed by atoms with Crippen LogP contribution in [0.5, 0.6) is 0 Å². The molecule has 2 fully saturated rings. The van der Waals surface area contributed by atoms with E-state index >= 15 is 0 Å². The van der Waals surface area contributed by atoms with E-state index in [4.69, 9.17) is 4.74 Å². The first kappa shape index (κ1) is 25.8. The Balaban J connectivity index is 1.28. The van der Waals surface area contributed by atoms with Crippen LogP contribution in [0.1, 0.15) is 51.9 Å². The monoisotopic (exact) mass is 519 g/mol. The van der Waals surface area contributed by atoms with E-state index in [0.717, 1.165) is 49.7 Å². The molecule has 0 aliphatic carbocycles. The van der Waals surface area contributed by atoms with Gasteiger partial charge < -0.3 is 19.5 Å². The molecule has 2 aliphatic rings. The zero-order chi connectivity index (χ0) is 24.8. The number of hydrogen-bond acceptors (Lipinski definition) is 8. The third kappa shape index (κ3) is 6.50. The van der Waals surface area contributed by atoms with Crippen molar-refractivity contribution in [2.24, 2.45) is 0 Å². The number of piperidine rings is 1. The second-order valence-electron chi connectivity index (χ2n) is 9.09. The van der Waals surface area contributed by atoms with Crippen molar-refractivity contribution in [3.05, 3.63) is 31.2 Å². The SMILES string of the molecule is C=CC(=O)N1C[C@@H](Nc2ncnc3c2ccn3COC(=O)CCCC[C@@H]2CCS[S+]2[O-])CC[C@@H]1C. The highest BCUT2D eigenvalue weighted by Crippen LogP contribution is 2.33. The average molecular weight is 520 g/mol. The molecular formula is C24H33N5O4S2. The van der Waals surface area contributed by atoms with Gasteiger partial charge in [-0.3, -0.25) is 14.2 Å². The molecule has 1 unspecified atom stereocenters. The minimum absolute atomic E-state index is 0.0580. The number of rotatable bonds is 10. The fourth-order valence-electron chi connectivity index (χ4n) is 4.62. The lowest BCUT2D eigenvalue weighted by Crippen LogP contribution is -2.49. The highest BCUT2D eigenvalue weighted by atomic mass is 33.1. The van der Waals surface area contributed by atoms with Crippen molar-refractivity contribution in [3.8, 4) is 0 Å². The van der Waals surface area contributed by atoms with Gasteiger partial charge in [0.1, 0.15) is 23.0 Å². The zero-order valence-electron chi connectivity index (χ0n) is 20.1. The number of carbonyl (C=O) groups is 2. The second-order valence-corrected chi connectivity index (χ2v) is 12.6. The van der Waals surface area contributed by atoms with E-state index in [2.05, 4.69) is 28.8 Å². The minimum atomic E-state index is -0.764. The molecule has 0 aromatic carbocycles. The lowest BCUT2D eigenvalue weighted by Gasteiger charge is -2.38. The Kier molecular flexibility index (Phi) is 8.96. The van der Waals surface area contributed by atoms with Gasteiger partial charge in [-0.25, -0.2) is 9.97 Å². The van der Waals surface area contributed by atoms with E-state index in [0.29, 0.717) is 24.4 Å². The van der Waals surface area contributed by atoms with Crippen LogP contribution < -0.4 is 5.32 Å². The summed E-state index contributed by atoms with van der Waals surface area (Å²) in [6, 6.07) is 2.17. The third-order valence-electron chi connectivity index (χ3n) is 6.67. The number of carbonyl (C=O) groups excluding carboxylic acids is 2. The fraction of sp³-hybridized carbons (Fsp3) is 0.583. The van der Waals surface area contributed by atoms with Crippen LogP contribution in [-0.4, -0.2) is 65.5 Å². The Bertz CT molecular complexity index is 1050. The molecule has 0 bridgehead atoms. The summed E-state index contributed by atoms with van der Waals surface area (Å²) in [5.41, 5.74) is 0.680. The first-order valence-corrected chi connectivity index (χ1v) is 14.9. The fourth-order valence-corrected chi connectivity index (χ4v) is 8.11. The molecule has 4 heterocycles. The Morgan fingerprint density at radius 2 is 2.20 bits per heavy atom. The van der Waals surface area contributed by atoms with Gasteiger partial charge >= 0.3 is 5.97 Å². The Morgan fingerprint density at radius 1 is 1.34 bits per heavy atom. The number of nitrogens with one attached hydrogen (secondary N) is 1. The van der Waals surface area contributed by atoms with Crippen molar-refractivity contribution in [3.63, 3.8) is 0 Å². The van der Waals surface area contributed by atoms with Crippen LogP contribution >= 0.6 is 10.8 Å². The van der Waals surface area contributed by atoms with E-state index in [-0.39, 0.29) is 35.9 Å². The molecule has 2 aliphatic heterocycles. The Hall–Kier alpha value is -2.24. The van der Waals surface area contributed by atoms with Crippen LogP contribution in [0.2, 0.25) is 0 Å². The molecule has 2 aromatic heterocycles. The molecule has 2 aromatic rings. The summed E-state index contributed by atoms with van der Waals surface area (Å²) in [6.45, 7) is 6.34. The zero-order valence-corrected chi connectivity index (χ0v) is 21.7. The quantitative estimate of drug-likeness (QED) is 0.166. The second kappa shape index (κ2) is 12.1. The highest BCUT2D eigenvalue weighted by Gasteiger charge is 2.30. The molecule has 1 N–H and O–H groups in total. The van der Waals surface area contributed by atoms with Gasteiger partial charge in [0.25, 0.3) is 0 Å². The molecule has 0 radical (unpaired) electrons. The van der Waals surface area contributed by atoms with E-state index < -0.39 is 10.2 Å². The predicted octanol–water partition coefficient (Wildman–Crippen LogP) is 3.64. The number of nitrogens with zero attached hydrogens (tertiary/aromatic N) is 4. The molecule has 9 nitrogen and oxygen atoms in total. The number of esters is 1. The first-order valence-electron chi connectivity index (χ1n) is 12.1. The largest absolute Gasteiger partial charge is 0.605 e. The molecule has 0 saturated carbocycles. The van der Waals surface area contributed by atoms with Gasteiger partial charge in [-0.05, 0) is 51.2 Å². The maximum absolute atomic E-state index is 12.2. The number of ether oxygens (including phenoxy) is 1. The van der Waals surface area contributed by atoms with Crippen molar-refractivity contribution < 1.29 is 18.9 Å².